The Labute approximate surface area is 327 Å². The molecule has 0 aliphatic carbocycles. The second kappa shape index (κ2) is 12.6. The van der Waals surface area contributed by atoms with Gasteiger partial charge in [-0.05, 0) is 60.2 Å². The van der Waals surface area contributed by atoms with Crippen LogP contribution in [0.15, 0.2) is 197 Å². The van der Waals surface area contributed by atoms with Crippen molar-refractivity contribution in [2.45, 2.75) is 12.3 Å². The molecule has 6 nitrogen and oxygen atoms in total. The van der Waals surface area contributed by atoms with Gasteiger partial charge in [-0.15, -0.1) is 0 Å². The molecule has 3 aromatic heterocycles. The lowest BCUT2D eigenvalue weighted by molar-refractivity contribution is 0.410. The first-order chi connectivity index (χ1) is 28.3. The minimum absolute atomic E-state index is 0.133. The van der Waals surface area contributed by atoms with Crippen LogP contribution in [-0.2, 0) is 0 Å². The Morgan fingerprint density at radius 1 is 0.456 bits per heavy atom. The Bertz CT molecular complexity index is 3360. The van der Waals surface area contributed by atoms with Gasteiger partial charge in [-0.1, -0.05) is 127 Å². The molecule has 0 bridgehead atoms. The summed E-state index contributed by atoms with van der Waals surface area (Å²) >= 11 is 0. The topological polar surface area (TPSA) is 59.4 Å². The maximum absolute atomic E-state index is 6.75. The van der Waals surface area contributed by atoms with Crippen molar-refractivity contribution in [3.63, 3.8) is 0 Å². The van der Waals surface area contributed by atoms with E-state index in [1.165, 1.54) is 32.6 Å². The minimum Gasteiger partial charge on any atom is -0.456 e. The normalized spacial score (nSPS) is 15.9. The fourth-order valence-corrected chi connectivity index (χ4v) is 9.05. The number of rotatable bonds is 5. The molecule has 0 saturated heterocycles. The molecule has 2 atom stereocenters. The number of benzene rings is 8. The van der Waals surface area contributed by atoms with Gasteiger partial charge in [-0.3, -0.25) is 5.32 Å². The standard InChI is InChI=1S/C51H35N5O/c1-4-15-32(16-5-1)49-52-50(33-17-6-2-7-18-33)54-51(53-49)39-23-14-26-46-48(39)38-28-27-35(29-47(38)57-46)56-43-25-13-11-22-37(43)41-30-40-36-21-10-12-24-42(36)55(44(40)31-45(41)56)34-19-8-3-9-20-34/h1-31,49,51,53H,(H,52,54). The number of furan rings is 1. The van der Waals surface area contributed by atoms with Crippen molar-refractivity contribution in [1.29, 1.82) is 0 Å². The van der Waals surface area contributed by atoms with Crippen LogP contribution < -0.4 is 10.6 Å². The highest BCUT2D eigenvalue weighted by Gasteiger charge is 2.28. The SMILES string of the molecule is c1ccc(C2=NC(c3cccc4oc5cc(-n6c7ccccc7c7cc8c9ccccc9n(-c9ccccc9)c8cc76)ccc5c34)NC(c3ccccc3)N2)cc1. The summed E-state index contributed by atoms with van der Waals surface area (Å²) in [4.78, 5) is 5.28. The molecular formula is C51H35N5O. The molecule has 0 spiro atoms. The van der Waals surface area contributed by atoms with Gasteiger partial charge in [0.25, 0.3) is 0 Å². The highest BCUT2D eigenvalue weighted by atomic mass is 16.3. The Kier molecular flexibility index (Phi) is 7.03. The largest absolute Gasteiger partial charge is 0.456 e. The van der Waals surface area contributed by atoms with Gasteiger partial charge in [-0.2, -0.15) is 0 Å². The molecule has 11 aromatic rings. The second-order valence-electron chi connectivity index (χ2n) is 14.8. The summed E-state index contributed by atoms with van der Waals surface area (Å²) in [6.45, 7) is 0. The lowest BCUT2D eigenvalue weighted by Crippen LogP contribution is -2.44. The molecule has 0 amide bonds. The Morgan fingerprint density at radius 3 is 1.81 bits per heavy atom. The third-order valence-corrected chi connectivity index (χ3v) is 11.6. The van der Waals surface area contributed by atoms with Crippen LogP contribution in [0.4, 0.5) is 0 Å². The van der Waals surface area contributed by atoms with Crippen LogP contribution in [-0.4, -0.2) is 15.0 Å². The first-order valence-corrected chi connectivity index (χ1v) is 19.4. The zero-order chi connectivity index (χ0) is 37.5. The van der Waals surface area contributed by atoms with Crippen LogP contribution in [0.5, 0.6) is 0 Å². The van der Waals surface area contributed by atoms with E-state index in [4.69, 9.17) is 9.41 Å². The third-order valence-electron chi connectivity index (χ3n) is 11.6. The molecule has 0 fully saturated rings. The van der Waals surface area contributed by atoms with Gasteiger partial charge < -0.3 is 18.9 Å². The maximum Gasteiger partial charge on any atom is 0.137 e. The predicted molar refractivity (Wildman–Crippen MR) is 234 cm³/mol. The fraction of sp³-hybridized carbons (Fsp3) is 0.0392. The zero-order valence-electron chi connectivity index (χ0n) is 30.8. The third kappa shape index (κ3) is 4.98. The molecule has 1 aliphatic heterocycles. The van der Waals surface area contributed by atoms with Gasteiger partial charge in [0.05, 0.1) is 22.1 Å². The summed E-state index contributed by atoms with van der Waals surface area (Å²) in [5.74, 6) is 0.854. The highest BCUT2D eigenvalue weighted by molar-refractivity contribution is 6.19. The van der Waals surface area contributed by atoms with Gasteiger partial charge in [0, 0.05) is 60.9 Å². The maximum atomic E-state index is 6.75. The van der Waals surface area contributed by atoms with E-state index in [0.717, 1.165) is 66.9 Å². The van der Waals surface area contributed by atoms with Crippen molar-refractivity contribution < 1.29 is 4.42 Å². The van der Waals surface area contributed by atoms with Crippen molar-refractivity contribution >= 4 is 71.4 Å². The lowest BCUT2D eigenvalue weighted by atomic mass is 10.0. The Morgan fingerprint density at radius 2 is 1.09 bits per heavy atom. The number of hydrogen-bond acceptors (Lipinski definition) is 4. The molecule has 57 heavy (non-hydrogen) atoms. The first-order valence-electron chi connectivity index (χ1n) is 19.4. The van der Waals surface area contributed by atoms with Crippen LogP contribution in [0.25, 0.3) is 76.9 Å². The molecule has 4 heterocycles. The van der Waals surface area contributed by atoms with Crippen molar-refractivity contribution in [1.82, 2.24) is 19.8 Å². The van der Waals surface area contributed by atoms with E-state index in [9.17, 15) is 0 Å². The summed E-state index contributed by atoms with van der Waals surface area (Å²) in [5.41, 5.74) is 11.8. The number of para-hydroxylation sites is 3. The number of aliphatic imine (C=N–C) groups is 1. The molecule has 1 aliphatic rings. The van der Waals surface area contributed by atoms with Gasteiger partial charge in [0.2, 0.25) is 0 Å². The van der Waals surface area contributed by atoms with Gasteiger partial charge >= 0.3 is 0 Å². The average molecular weight is 734 g/mol. The number of hydrogen-bond donors (Lipinski definition) is 2. The van der Waals surface area contributed by atoms with E-state index in [0.29, 0.717) is 0 Å². The van der Waals surface area contributed by atoms with Crippen LogP contribution in [0, 0.1) is 0 Å². The van der Waals surface area contributed by atoms with E-state index < -0.39 is 0 Å². The fourth-order valence-electron chi connectivity index (χ4n) is 9.05. The average Bonchev–Trinajstić information content (AvgIpc) is 3.93. The van der Waals surface area contributed by atoms with E-state index in [1.54, 1.807) is 0 Å². The van der Waals surface area contributed by atoms with Crippen LogP contribution in [0.3, 0.4) is 0 Å². The van der Waals surface area contributed by atoms with Crippen LogP contribution in [0.2, 0.25) is 0 Å². The number of nitrogens with zero attached hydrogens (tertiary/aromatic N) is 3. The second-order valence-corrected chi connectivity index (χ2v) is 14.8. The van der Waals surface area contributed by atoms with Gasteiger partial charge in [0.1, 0.15) is 29.3 Å². The molecular weight excluding hydrogens is 699 g/mol. The molecule has 8 aromatic carbocycles. The van der Waals surface area contributed by atoms with Crippen LogP contribution >= 0.6 is 0 Å². The summed E-state index contributed by atoms with van der Waals surface area (Å²) in [6.07, 6.45) is -0.446. The highest BCUT2D eigenvalue weighted by Crippen LogP contribution is 2.42. The van der Waals surface area contributed by atoms with Crippen molar-refractivity contribution in [2.75, 3.05) is 0 Å². The monoisotopic (exact) mass is 733 g/mol. The number of amidine groups is 1. The first kappa shape index (κ1) is 31.9. The van der Waals surface area contributed by atoms with E-state index in [1.807, 2.05) is 12.1 Å². The van der Waals surface area contributed by atoms with Crippen molar-refractivity contribution in [2.24, 2.45) is 4.99 Å². The summed E-state index contributed by atoms with van der Waals surface area (Å²) in [5, 5.41) is 14.5. The van der Waals surface area contributed by atoms with Crippen LogP contribution in [0.1, 0.15) is 29.0 Å². The molecule has 0 saturated carbocycles. The summed E-state index contributed by atoms with van der Waals surface area (Å²) in [7, 11) is 0. The molecule has 2 unspecified atom stereocenters. The molecule has 2 N–H and O–H groups in total. The number of aromatic nitrogens is 2. The van der Waals surface area contributed by atoms with Gasteiger partial charge in [0.15, 0.2) is 0 Å². The smallest absolute Gasteiger partial charge is 0.137 e. The quantitative estimate of drug-likeness (QED) is 0.185. The lowest BCUT2D eigenvalue weighted by Gasteiger charge is -2.32. The minimum atomic E-state index is -0.313. The molecule has 12 rings (SSSR count). The van der Waals surface area contributed by atoms with E-state index in [2.05, 4.69) is 196 Å². The Hall–Kier alpha value is -7.41. The van der Waals surface area contributed by atoms with Crippen molar-refractivity contribution in [3.05, 3.63) is 205 Å². The van der Waals surface area contributed by atoms with Gasteiger partial charge in [-0.25, -0.2) is 4.99 Å². The van der Waals surface area contributed by atoms with E-state index in [-0.39, 0.29) is 12.3 Å². The summed E-state index contributed by atoms with van der Waals surface area (Å²) < 4.78 is 11.5. The number of nitrogens with one attached hydrogen (secondary N) is 2. The Balaban J connectivity index is 1.05. The summed E-state index contributed by atoms with van der Waals surface area (Å²) in [6, 6.07) is 66.7. The van der Waals surface area contributed by atoms with Crippen molar-refractivity contribution in [3.8, 4) is 11.4 Å². The molecule has 270 valence electrons. The molecule has 6 heteroatoms. The predicted octanol–water partition coefficient (Wildman–Crippen LogP) is 12.1. The van der Waals surface area contributed by atoms with E-state index >= 15 is 0 Å². The number of fused-ring (bicyclic) bond motifs is 9. The molecule has 0 radical (unpaired) electrons. The zero-order valence-corrected chi connectivity index (χ0v) is 30.8.